The van der Waals surface area contributed by atoms with Crippen LogP contribution in [-0.4, -0.2) is 11.5 Å². The molecule has 0 fully saturated rings. The van der Waals surface area contributed by atoms with E-state index in [9.17, 15) is 4.79 Å². The standard InChI is InChI=1S/C4H8OS2/c1-4(5)2-3-7-6/h6H,2-3H2,1H3. The molecule has 0 radical (unpaired) electrons. The smallest absolute Gasteiger partial charge is 0.130 e. The summed E-state index contributed by atoms with van der Waals surface area (Å²) >= 11 is 3.86. The van der Waals surface area contributed by atoms with Crippen LogP contribution in [0, 0.1) is 0 Å². The van der Waals surface area contributed by atoms with Gasteiger partial charge in [-0.2, -0.15) is 0 Å². The minimum Gasteiger partial charge on any atom is -0.300 e. The predicted octanol–water partition coefficient (Wildman–Crippen LogP) is 1.54. The van der Waals surface area contributed by atoms with Crippen molar-refractivity contribution in [3.05, 3.63) is 0 Å². The number of Topliss-reactive ketones (excluding diaryl/α,β-unsaturated/α-hetero) is 1. The molecule has 0 spiro atoms. The van der Waals surface area contributed by atoms with E-state index in [-0.39, 0.29) is 5.78 Å². The van der Waals surface area contributed by atoms with E-state index in [1.807, 2.05) is 0 Å². The van der Waals surface area contributed by atoms with Gasteiger partial charge >= 0.3 is 0 Å². The lowest BCUT2D eigenvalue weighted by Gasteiger charge is -1.85. The highest BCUT2D eigenvalue weighted by molar-refractivity contribution is 8.68. The van der Waals surface area contributed by atoms with Gasteiger partial charge in [-0.05, 0) is 6.92 Å². The Labute approximate surface area is 52.7 Å². The third-order valence-corrected chi connectivity index (χ3v) is 1.48. The van der Waals surface area contributed by atoms with Crippen molar-refractivity contribution in [1.29, 1.82) is 0 Å². The van der Waals surface area contributed by atoms with Gasteiger partial charge in [0.2, 0.25) is 0 Å². The molecular weight excluding hydrogens is 128 g/mol. The first-order chi connectivity index (χ1) is 3.27. The summed E-state index contributed by atoms with van der Waals surface area (Å²) < 4.78 is 0. The Morgan fingerprint density at radius 3 is 2.57 bits per heavy atom. The van der Waals surface area contributed by atoms with E-state index < -0.39 is 0 Å². The van der Waals surface area contributed by atoms with Crippen LogP contribution in [0.5, 0.6) is 0 Å². The fourth-order valence-corrected chi connectivity index (χ4v) is 0.842. The van der Waals surface area contributed by atoms with Crippen molar-refractivity contribution < 1.29 is 4.79 Å². The molecule has 7 heavy (non-hydrogen) atoms. The van der Waals surface area contributed by atoms with Crippen molar-refractivity contribution in [2.24, 2.45) is 0 Å². The largest absolute Gasteiger partial charge is 0.300 e. The third-order valence-electron chi connectivity index (χ3n) is 0.545. The summed E-state index contributed by atoms with van der Waals surface area (Å²) in [5.41, 5.74) is 0. The van der Waals surface area contributed by atoms with Crippen LogP contribution < -0.4 is 0 Å². The van der Waals surface area contributed by atoms with Gasteiger partial charge in [0, 0.05) is 12.2 Å². The summed E-state index contributed by atoms with van der Waals surface area (Å²) in [6.45, 7) is 1.59. The average Bonchev–Trinajstić information content (AvgIpc) is 1.61. The van der Waals surface area contributed by atoms with Gasteiger partial charge in [-0.1, -0.05) is 10.8 Å². The number of hydrogen-bond acceptors (Lipinski definition) is 3. The van der Waals surface area contributed by atoms with Gasteiger partial charge in [-0.15, -0.1) is 11.7 Å². The molecular formula is C4H8OS2. The molecule has 0 rings (SSSR count). The number of carbonyl (C=O) groups is 1. The summed E-state index contributed by atoms with van der Waals surface area (Å²) in [5.74, 6) is 1.07. The van der Waals surface area contributed by atoms with E-state index in [0.717, 1.165) is 5.75 Å². The van der Waals surface area contributed by atoms with Crippen molar-refractivity contribution in [2.45, 2.75) is 13.3 Å². The highest BCUT2D eigenvalue weighted by Crippen LogP contribution is 2.05. The van der Waals surface area contributed by atoms with Crippen LogP contribution in [0.3, 0.4) is 0 Å². The number of thiol groups is 1. The van der Waals surface area contributed by atoms with Crippen molar-refractivity contribution in [3.8, 4) is 0 Å². The molecule has 0 heterocycles. The van der Waals surface area contributed by atoms with Crippen LogP contribution in [-0.2, 0) is 4.79 Å². The lowest BCUT2D eigenvalue weighted by atomic mass is 10.4. The van der Waals surface area contributed by atoms with Gasteiger partial charge in [0.1, 0.15) is 5.78 Å². The Balaban J connectivity index is 2.82. The first-order valence-corrected chi connectivity index (χ1v) is 4.07. The maximum atomic E-state index is 10.2. The van der Waals surface area contributed by atoms with Crippen molar-refractivity contribution in [2.75, 3.05) is 5.75 Å². The maximum absolute atomic E-state index is 10.2. The first kappa shape index (κ1) is 7.37. The van der Waals surface area contributed by atoms with Gasteiger partial charge in [-0.25, -0.2) is 0 Å². The Kier molecular flexibility index (Phi) is 4.77. The lowest BCUT2D eigenvalue weighted by molar-refractivity contribution is -0.116. The van der Waals surface area contributed by atoms with E-state index in [1.54, 1.807) is 6.92 Å². The van der Waals surface area contributed by atoms with Gasteiger partial charge in [0.15, 0.2) is 0 Å². The molecule has 0 aliphatic rings. The quantitative estimate of drug-likeness (QED) is 0.468. The van der Waals surface area contributed by atoms with Crippen LogP contribution in [0.2, 0.25) is 0 Å². The molecule has 0 aliphatic heterocycles. The fourth-order valence-electron chi connectivity index (χ4n) is 0.189. The monoisotopic (exact) mass is 136 g/mol. The molecule has 0 aromatic carbocycles. The zero-order valence-corrected chi connectivity index (χ0v) is 5.89. The van der Waals surface area contributed by atoms with Crippen LogP contribution in [0.25, 0.3) is 0 Å². The number of ketones is 1. The summed E-state index contributed by atoms with van der Waals surface area (Å²) in [5, 5.41) is 0. The maximum Gasteiger partial charge on any atom is 0.130 e. The molecule has 0 unspecified atom stereocenters. The summed E-state index contributed by atoms with van der Waals surface area (Å²) in [4.78, 5) is 10.2. The minimum absolute atomic E-state index is 0.238. The molecule has 0 aromatic rings. The van der Waals surface area contributed by atoms with E-state index in [1.165, 1.54) is 10.8 Å². The van der Waals surface area contributed by atoms with Crippen LogP contribution >= 0.6 is 22.5 Å². The molecule has 0 amide bonds. The molecule has 0 aromatic heterocycles. The Hall–Kier alpha value is 0.370. The zero-order chi connectivity index (χ0) is 5.70. The highest BCUT2D eigenvalue weighted by atomic mass is 33.1. The van der Waals surface area contributed by atoms with Gasteiger partial charge in [0.05, 0.1) is 0 Å². The van der Waals surface area contributed by atoms with E-state index in [0.29, 0.717) is 6.42 Å². The second kappa shape index (κ2) is 4.53. The van der Waals surface area contributed by atoms with E-state index in [4.69, 9.17) is 0 Å². The second-order valence-corrected chi connectivity index (χ2v) is 2.73. The Bertz CT molecular complexity index is 62.7. The average molecular weight is 136 g/mol. The predicted molar refractivity (Wildman–Crippen MR) is 36.7 cm³/mol. The molecule has 0 saturated carbocycles. The molecule has 0 N–H and O–H groups in total. The Morgan fingerprint density at radius 1 is 1.86 bits per heavy atom. The molecule has 3 heteroatoms. The SMILES string of the molecule is CC(=O)CCSS. The van der Waals surface area contributed by atoms with Gasteiger partial charge in [0.25, 0.3) is 0 Å². The minimum atomic E-state index is 0.238. The van der Waals surface area contributed by atoms with Crippen molar-refractivity contribution in [3.63, 3.8) is 0 Å². The van der Waals surface area contributed by atoms with Gasteiger partial charge in [-0.3, -0.25) is 4.79 Å². The summed E-state index contributed by atoms with van der Waals surface area (Å²) in [6.07, 6.45) is 0.647. The summed E-state index contributed by atoms with van der Waals surface area (Å²) in [6, 6.07) is 0. The second-order valence-electron chi connectivity index (χ2n) is 1.29. The number of rotatable bonds is 3. The molecule has 0 bridgehead atoms. The summed E-state index contributed by atoms with van der Waals surface area (Å²) in [7, 11) is 1.40. The fraction of sp³-hybridized carbons (Fsp3) is 0.750. The third kappa shape index (κ3) is 6.37. The highest BCUT2D eigenvalue weighted by Gasteiger charge is 1.88. The topological polar surface area (TPSA) is 17.1 Å². The molecule has 0 aliphatic carbocycles. The molecule has 0 saturated heterocycles. The van der Waals surface area contributed by atoms with E-state index >= 15 is 0 Å². The first-order valence-electron chi connectivity index (χ1n) is 2.03. The van der Waals surface area contributed by atoms with Crippen LogP contribution in [0.15, 0.2) is 0 Å². The van der Waals surface area contributed by atoms with Gasteiger partial charge < -0.3 is 0 Å². The number of hydrogen-bond donors (Lipinski definition) is 1. The van der Waals surface area contributed by atoms with Crippen LogP contribution in [0.4, 0.5) is 0 Å². The Morgan fingerprint density at radius 2 is 2.43 bits per heavy atom. The van der Waals surface area contributed by atoms with Crippen molar-refractivity contribution >= 4 is 28.2 Å². The molecule has 42 valence electrons. The number of carbonyl (C=O) groups excluding carboxylic acids is 1. The molecule has 1 nitrogen and oxygen atoms in total. The normalized spacial score (nSPS) is 8.86. The zero-order valence-electron chi connectivity index (χ0n) is 4.18. The van der Waals surface area contributed by atoms with Crippen LogP contribution in [0.1, 0.15) is 13.3 Å². The lowest BCUT2D eigenvalue weighted by Crippen LogP contribution is -1.89. The molecule has 0 atom stereocenters. The van der Waals surface area contributed by atoms with Crippen molar-refractivity contribution in [1.82, 2.24) is 0 Å². The van der Waals surface area contributed by atoms with E-state index in [2.05, 4.69) is 11.7 Å².